The Bertz CT molecular complexity index is 688. The summed E-state index contributed by atoms with van der Waals surface area (Å²) in [7, 11) is 3.22. The Morgan fingerprint density at radius 1 is 1.09 bits per heavy atom. The summed E-state index contributed by atoms with van der Waals surface area (Å²) in [5.41, 5.74) is 5.58. The van der Waals surface area contributed by atoms with E-state index in [2.05, 4.69) is 16.6 Å². The third kappa shape index (κ3) is 4.00. The summed E-state index contributed by atoms with van der Waals surface area (Å²) in [4.78, 5) is 0. The molecule has 112 valence electrons. The van der Waals surface area contributed by atoms with Gasteiger partial charge in [0.1, 0.15) is 0 Å². The van der Waals surface area contributed by atoms with Crippen molar-refractivity contribution >= 4 is 6.21 Å². The molecule has 0 spiro atoms. The lowest BCUT2D eigenvalue weighted by Crippen LogP contribution is -2.06. The van der Waals surface area contributed by atoms with Gasteiger partial charge in [-0.05, 0) is 35.4 Å². The zero-order valence-electron chi connectivity index (χ0n) is 12.5. The number of rotatable bonds is 6. The van der Waals surface area contributed by atoms with Crippen molar-refractivity contribution < 1.29 is 9.47 Å². The van der Waals surface area contributed by atoms with E-state index in [9.17, 15) is 0 Å². The van der Waals surface area contributed by atoms with Crippen molar-refractivity contribution in [3.63, 3.8) is 0 Å². The van der Waals surface area contributed by atoms with Crippen molar-refractivity contribution in [1.82, 2.24) is 5.43 Å². The summed E-state index contributed by atoms with van der Waals surface area (Å²) in [6, 6.07) is 15.0. The van der Waals surface area contributed by atoms with Crippen LogP contribution in [0.5, 0.6) is 11.5 Å². The smallest absolute Gasteiger partial charge is 0.161 e. The minimum atomic E-state index is 0.577. The quantitative estimate of drug-likeness (QED) is 0.657. The lowest BCUT2D eigenvalue weighted by Gasteiger charge is -2.09. The van der Waals surface area contributed by atoms with Gasteiger partial charge in [0.15, 0.2) is 11.5 Å². The van der Waals surface area contributed by atoms with E-state index in [4.69, 9.17) is 14.7 Å². The molecule has 0 saturated carbocycles. The second-order valence-corrected chi connectivity index (χ2v) is 4.52. The lowest BCUT2D eigenvalue weighted by atomic mass is 10.2. The molecule has 2 aromatic carbocycles. The second kappa shape index (κ2) is 7.70. The van der Waals surface area contributed by atoms with Crippen molar-refractivity contribution in [2.24, 2.45) is 5.10 Å². The van der Waals surface area contributed by atoms with Crippen LogP contribution in [0.4, 0.5) is 0 Å². The Kier molecular flexibility index (Phi) is 5.38. The van der Waals surface area contributed by atoms with Crippen molar-refractivity contribution in [3.05, 3.63) is 59.2 Å². The number of nitrogens with zero attached hydrogens (tertiary/aromatic N) is 2. The number of hydrogen-bond acceptors (Lipinski definition) is 5. The average Bonchev–Trinajstić information content (AvgIpc) is 2.59. The number of benzene rings is 2. The van der Waals surface area contributed by atoms with Crippen LogP contribution in [-0.4, -0.2) is 20.4 Å². The molecule has 22 heavy (non-hydrogen) atoms. The molecule has 0 unspecified atom stereocenters. The standard InChI is InChI=1S/C17H17N3O2/c1-21-16-8-7-15(9-17(16)22-2)12-20-19-11-14-5-3-13(10-18)4-6-14/h3-9,11,20H,12H2,1-2H3/b19-11+. The molecule has 5 nitrogen and oxygen atoms in total. The maximum absolute atomic E-state index is 8.73. The van der Waals surface area contributed by atoms with E-state index in [1.165, 1.54) is 0 Å². The van der Waals surface area contributed by atoms with Crippen molar-refractivity contribution in [3.8, 4) is 17.6 Å². The molecule has 0 radical (unpaired) electrons. The van der Waals surface area contributed by atoms with Gasteiger partial charge in [0, 0.05) is 0 Å². The molecule has 0 amide bonds. The van der Waals surface area contributed by atoms with E-state index in [1.807, 2.05) is 30.3 Å². The molecule has 0 saturated heterocycles. The number of ether oxygens (including phenoxy) is 2. The maximum Gasteiger partial charge on any atom is 0.161 e. The molecule has 0 atom stereocenters. The first-order valence-corrected chi connectivity index (χ1v) is 6.74. The third-order valence-electron chi connectivity index (χ3n) is 3.08. The summed E-state index contributed by atoms with van der Waals surface area (Å²) in [5, 5.41) is 12.9. The zero-order valence-corrected chi connectivity index (χ0v) is 12.5. The first-order chi connectivity index (χ1) is 10.8. The molecule has 0 aliphatic heterocycles. The zero-order chi connectivity index (χ0) is 15.8. The van der Waals surface area contributed by atoms with Crippen LogP contribution in [0.1, 0.15) is 16.7 Å². The Morgan fingerprint density at radius 3 is 2.45 bits per heavy atom. The van der Waals surface area contributed by atoms with Gasteiger partial charge in [-0.1, -0.05) is 18.2 Å². The molecular weight excluding hydrogens is 278 g/mol. The van der Waals surface area contributed by atoms with Crippen LogP contribution in [0.2, 0.25) is 0 Å². The molecule has 5 heteroatoms. The summed E-state index contributed by atoms with van der Waals surface area (Å²) >= 11 is 0. The molecular formula is C17H17N3O2. The van der Waals surface area contributed by atoms with Crippen LogP contribution < -0.4 is 14.9 Å². The average molecular weight is 295 g/mol. The molecule has 2 aromatic rings. The third-order valence-corrected chi connectivity index (χ3v) is 3.08. The number of hydrogen-bond donors (Lipinski definition) is 1. The van der Waals surface area contributed by atoms with Crippen LogP contribution in [0.25, 0.3) is 0 Å². The van der Waals surface area contributed by atoms with Crippen molar-refractivity contribution in [2.75, 3.05) is 14.2 Å². The number of methoxy groups -OCH3 is 2. The first-order valence-electron chi connectivity index (χ1n) is 6.74. The Morgan fingerprint density at radius 2 is 1.82 bits per heavy atom. The summed E-state index contributed by atoms with van der Waals surface area (Å²) in [6.45, 7) is 0.577. The van der Waals surface area contributed by atoms with Gasteiger partial charge in [-0.2, -0.15) is 10.4 Å². The van der Waals surface area contributed by atoms with Gasteiger partial charge in [-0.15, -0.1) is 0 Å². The fourth-order valence-corrected chi connectivity index (χ4v) is 1.89. The van der Waals surface area contributed by atoms with Crippen LogP contribution in [0.15, 0.2) is 47.6 Å². The van der Waals surface area contributed by atoms with Gasteiger partial charge in [-0.25, -0.2) is 0 Å². The molecule has 0 aliphatic rings. The molecule has 0 fully saturated rings. The van der Waals surface area contributed by atoms with E-state index in [1.54, 1.807) is 32.6 Å². The van der Waals surface area contributed by atoms with Gasteiger partial charge in [0.25, 0.3) is 0 Å². The molecule has 0 aliphatic carbocycles. The number of nitriles is 1. The summed E-state index contributed by atoms with van der Waals surface area (Å²) in [6.07, 6.45) is 1.71. The lowest BCUT2D eigenvalue weighted by molar-refractivity contribution is 0.354. The second-order valence-electron chi connectivity index (χ2n) is 4.52. The molecule has 0 bridgehead atoms. The van der Waals surface area contributed by atoms with E-state index in [0.717, 1.165) is 11.1 Å². The minimum Gasteiger partial charge on any atom is -0.493 e. The van der Waals surface area contributed by atoms with Crippen molar-refractivity contribution in [2.45, 2.75) is 6.54 Å². The minimum absolute atomic E-state index is 0.577. The molecule has 2 rings (SSSR count). The molecule has 1 N–H and O–H groups in total. The highest BCUT2D eigenvalue weighted by molar-refractivity contribution is 5.79. The van der Waals surface area contributed by atoms with Crippen LogP contribution >= 0.6 is 0 Å². The highest BCUT2D eigenvalue weighted by Gasteiger charge is 2.03. The van der Waals surface area contributed by atoms with E-state index in [0.29, 0.717) is 23.6 Å². The molecule has 0 aromatic heterocycles. The topological polar surface area (TPSA) is 66.6 Å². The van der Waals surface area contributed by atoms with Crippen LogP contribution in [0.3, 0.4) is 0 Å². The first kappa shape index (κ1) is 15.4. The van der Waals surface area contributed by atoms with E-state index in [-0.39, 0.29) is 0 Å². The predicted octanol–water partition coefficient (Wildman–Crippen LogP) is 2.70. The number of nitrogens with one attached hydrogen (secondary N) is 1. The highest BCUT2D eigenvalue weighted by Crippen LogP contribution is 2.27. The summed E-state index contributed by atoms with van der Waals surface area (Å²) < 4.78 is 10.5. The normalized spacial score (nSPS) is 10.2. The van der Waals surface area contributed by atoms with Crippen LogP contribution in [0, 0.1) is 11.3 Å². The summed E-state index contributed by atoms with van der Waals surface area (Å²) in [5.74, 6) is 1.39. The van der Waals surface area contributed by atoms with Crippen LogP contribution in [-0.2, 0) is 6.54 Å². The van der Waals surface area contributed by atoms with Gasteiger partial charge >= 0.3 is 0 Å². The predicted molar refractivity (Wildman–Crippen MR) is 85.1 cm³/mol. The van der Waals surface area contributed by atoms with Gasteiger partial charge in [0.05, 0.1) is 38.6 Å². The van der Waals surface area contributed by atoms with Gasteiger partial charge in [-0.3, -0.25) is 0 Å². The number of hydrazone groups is 1. The Labute approximate surface area is 129 Å². The van der Waals surface area contributed by atoms with Gasteiger partial charge in [0.2, 0.25) is 0 Å². The fourth-order valence-electron chi connectivity index (χ4n) is 1.89. The largest absolute Gasteiger partial charge is 0.493 e. The fraction of sp³-hybridized carbons (Fsp3) is 0.176. The monoisotopic (exact) mass is 295 g/mol. The molecule has 0 heterocycles. The van der Waals surface area contributed by atoms with Gasteiger partial charge < -0.3 is 14.9 Å². The Balaban J connectivity index is 1.92. The SMILES string of the molecule is COc1ccc(CN/N=C/c2ccc(C#N)cc2)cc1OC. The highest BCUT2D eigenvalue weighted by atomic mass is 16.5. The van der Waals surface area contributed by atoms with E-state index < -0.39 is 0 Å². The Hall–Kier alpha value is -3.00. The maximum atomic E-state index is 8.73. The van der Waals surface area contributed by atoms with Crippen molar-refractivity contribution in [1.29, 1.82) is 5.26 Å². The van der Waals surface area contributed by atoms with E-state index >= 15 is 0 Å².